The molecule has 0 spiro atoms. The molecule has 0 heterocycles. The van der Waals surface area contributed by atoms with E-state index in [1.165, 1.54) is 12.1 Å². The molecule has 8 heteroatoms. The fraction of sp³-hybridized carbons (Fsp3) is 0.263. The number of hydrogen-bond acceptors (Lipinski definition) is 4. The Kier molecular flexibility index (Phi) is 7.94. The van der Waals surface area contributed by atoms with E-state index in [4.69, 9.17) is 17.0 Å². The molecule has 0 bridgehead atoms. The largest absolute Gasteiger partial charge is 0.497 e. The highest BCUT2D eigenvalue weighted by Crippen LogP contribution is 2.16. The van der Waals surface area contributed by atoms with Gasteiger partial charge in [0.05, 0.1) is 7.11 Å². The first-order valence-corrected chi connectivity index (χ1v) is 8.65. The Balaban J connectivity index is 1.76. The van der Waals surface area contributed by atoms with Crippen LogP contribution in [0, 0.1) is 0 Å². The first kappa shape index (κ1) is 20.6. The number of rotatable bonds is 8. The SMILES string of the molecule is COc1ccc(NC(=S)N/N=C(/C)CCc2ccc(OC(F)F)cc2)cc1. The molecule has 0 saturated heterocycles. The summed E-state index contributed by atoms with van der Waals surface area (Å²) >= 11 is 5.21. The van der Waals surface area contributed by atoms with Crippen LogP contribution in [0.4, 0.5) is 14.5 Å². The van der Waals surface area contributed by atoms with E-state index in [0.717, 1.165) is 29.1 Å². The van der Waals surface area contributed by atoms with Crippen LogP contribution >= 0.6 is 12.2 Å². The first-order valence-electron chi connectivity index (χ1n) is 8.24. The van der Waals surface area contributed by atoms with E-state index in [1.54, 1.807) is 19.2 Å². The van der Waals surface area contributed by atoms with E-state index in [9.17, 15) is 8.78 Å². The third-order valence-electron chi connectivity index (χ3n) is 3.62. The summed E-state index contributed by atoms with van der Waals surface area (Å²) in [4.78, 5) is 0. The van der Waals surface area contributed by atoms with Gasteiger partial charge in [-0.3, -0.25) is 5.43 Å². The lowest BCUT2D eigenvalue weighted by molar-refractivity contribution is -0.0498. The Bertz CT molecular complexity index is 766. The van der Waals surface area contributed by atoms with Crippen LogP contribution < -0.4 is 20.2 Å². The average Bonchev–Trinajstić information content (AvgIpc) is 2.66. The smallest absolute Gasteiger partial charge is 0.387 e. The highest BCUT2D eigenvalue weighted by molar-refractivity contribution is 7.80. The molecule has 0 amide bonds. The number of methoxy groups -OCH3 is 1. The van der Waals surface area contributed by atoms with E-state index in [1.807, 2.05) is 31.2 Å². The second-order valence-electron chi connectivity index (χ2n) is 5.66. The predicted octanol–water partition coefficient (Wildman–Crippen LogP) is 4.59. The summed E-state index contributed by atoms with van der Waals surface area (Å²) in [6, 6.07) is 13.9. The van der Waals surface area contributed by atoms with Gasteiger partial charge in [-0.1, -0.05) is 12.1 Å². The van der Waals surface area contributed by atoms with Crippen LogP contribution in [0.25, 0.3) is 0 Å². The molecule has 0 unspecified atom stereocenters. The van der Waals surface area contributed by atoms with Gasteiger partial charge >= 0.3 is 6.61 Å². The van der Waals surface area contributed by atoms with Crippen molar-refractivity contribution in [1.82, 2.24) is 5.43 Å². The maximum Gasteiger partial charge on any atom is 0.387 e. The minimum Gasteiger partial charge on any atom is -0.497 e. The van der Waals surface area contributed by atoms with Gasteiger partial charge < -0.3 is 14.8 Å². The molecule has 144 valence electrons. The van der Waals surface area contributed by atoms with E-state index < -0.39 is 6.61 Å². The van der Waals surface area contributed by atoms with Crippen LogP contribution in [0.2, 0.25) is 0 Å². The number of aryl methyl sites for hydroxylation is 1. The van der Waals surface area contributed by atoms with Crippen LogP contribution in [0.15, 0.2) is 53.6 Å². The molecule has 0 saturated carbocycles. The van der Waals surface area contributed by atoms with Crippen molar-refractivity contribution in [1.29, 1.82) is 0 Å². The number of halogens is 2. The molecule has 27 heavy (non-hydrogen) atoms. The number of nitrogens with zero attached hydrogens (tertiary/aromatic N) is 1. The highest BCUT2D eigenvalue weighted by Gasteiger charge is 2.04. The Morgan fingerprint density at radius 1 is 1.07 bits per heavy atom. The highest BCUT2D eigenvalue weighted by atomic mass is 32.1. The lowest BCUT2D eigenvalue weighted by atomic mass is 10.1. The van der Waals surface area contributed by atoms with E-state index >= 15 is 0 Å². The van der Waals surface area contributed by atoms with Gasteiger partial charge in [0, 0.05) is 11.4 Å². The van der Waals surface area contributed by atoms with Crippen molar-refractivity contribution in [2.45, 2.75) is 26.4 Å². The Morgan fingerprint density at radius 3 is 2.30 bits per heavy atom. The van der Waals surface area contributed by atoms with Gasteiger partial charge in [-0.15, -0.1) is 0 Å². The van der Waals surface area contributed by atoms with Crippen molar-refractivity contribution in [3.63, 3.8) is 0 Å². The van der Waals surface area contributed by atoms with Gasteiger partial charge in [0.15, 0.2) is 5.11 Å². The summed E-state index contributed by atoms with van der Waals surface area (Å²) in [6.07, 6.45) is 1.43. The monoisotopic (exact) mass is 393 g/mol. The van der Waals surface area contributed by atoms with E-state index in [0.29, 0.717) is 11.5 Å². The molecule has 0 radical (unpaired) electrons. The van der Waals surface area contributed by atoms with Crippen LogP contribution in [-0.4, -0.2) is 24.5 Å². The zero-order chi connectivity index (χ0) is 19.6. The molecule has 2 rings (SSSR count). The number of benzene rings is 2. The number of nitrogens with one attached hydrogen (secondary N) is 2. The maximum absolute atomic E-state index is 12.1. The summed E-state index contributed by atoms with van der Waals surface area (Å²) in [5, 5.41) is 7.65. The second kappa shape index (κ2) is 10.4. The average molecular weight is 393 g/mol. The van der Waals surface area contributed by atoms with Crippen molar-refractivity contribution >= 4 is 28.7 Å². The summed E-state index contributed by atoms with van der Waals surface area (Å²) < 4.78 is 33.7. The second-order valence-corrected chi connectivity index (χ2v) is 6.07. The van der Waals surface area contributed by atoms with Crippen LogP contribution in [0.3, 0.4) is 0 Å². The zero-order valence-corrected chi connectivity index (χ0v) is 15.9. The van der Waals surface area contributed by atoms with Gasteiger partial charge in [0.2, 0.25) is 0 Å². The van der Waals surface area contributed by atoms with E-state index in [-0.39, 0.29) is 5.75 Å². The third kappa shape index (κ3) is 7.57. The molecule has 0 aliphatic rings. The van der Waals surface area contributed by atoms with Crippen LogP contribution in [0.1, 0.15) is 18.9 Å². The molecular weight excluding hydrogens is 372 g/mol. The molecule has 2 aromatic carbocycles. The molecule has 0 atom stereocenters. The zero-order valence-electron chi connectivity index (χ0n) is 15.0. The normalized spacial score (nSPS) is 11.2. The minimum atomic E-state index is -2.81. The first-order chi connectivity index (χ1) is 13.0. The van der Waals surface area contributed by atoms with Gasteiger partial charge in [0.1, 0.15) is 11.5 Å². The third-order valence-corrected chi connectivity index (χ3v) is 3.81. The number of hydrogen-bond donors (Lipinski definition) is 2. The topological polar surface area (TPSA) is 54.9 Å². The van der Waals surface area contributed by atoms with Crippen molar-refractivity contribution < 1.29 is 18.3 Å². The fourth-order valence-electron chi connectivity index (χ4n) is 2.20. The van der Waals surface area contributed by atoms with Crippen molar-refractivity contribution in [3.8, 4) is 11.5 Å². The van der Waals surface area contributed by atoms with Gasteiger partial charge in [-0.05, 0) is 73.9 Å². The molecule has 5 nitrogen and oxygen atoms in total. The molecule has 2 aromatic rings. The van der Waals surface area contributed by atoms with Crippen LogP contribution in [0.5, 0.6) is 11.5 Å². The Labute approximate surface area is 162 Å². The number of thiocarbonyl (C=S) groups is 1. The van der Waals surface area contributed by atoms with Gasteiger partial charge in [-0.2, -0.15) is 13.9 Å². The fourth-order valence-corrected chi connectivity index (χ4v) is 2.36. The summed E-state index contributed by atoms with van der Waals surface area (Å²) in [5.41, 5.74) is 5.49. The number of anilines is 1. The van der Waals surface area contributed by atoms with Crippen molar-refractivity contribution in [3.05, 3.63) is 54.1 Å². The maximum atomic E-state index is 12.1. The summed E-state index contributed by atoms with van der Waals surface area (Å²) in [6.45, 7) is -0.927. The van der Waals surface area contributed by atoms with Gasteiger partial charge in [0.25, 0.3) is 0 Å². The number of hydrazone groups is 1. The summed E-state index contributed by atoms with van der Waals surface area (Å²) in [7, 11) is 1.61. The molecule has 2 N–H and O–H groups in total. The standard InChI is InChI=1S/C19H21F2N3O2S/c1-13(3-4-14-5-9-17(10-6-14)26-18(20)21)23-24-19(27)22-15-7-11-16(25-2)12-8-15/h5-12,18H,3-4H2,1-2H3,(H2,22,24,27)/b23-13-. The molecule has 0 aromatic heterocycles. The van der Waals surface area contributed by atoms with Crippen molar-refractivity contribution in [2.75, 3.05) is 12.4 Å². The lowest BCUT2D eigenvalue weighted by Crippen LogP contribution is -2.24. The predicted molar refractivity (Wildman–Crippen MR) is 107 cm³/mol. The molecule has 0 aliphatic carbocycles. The Morgan fingerprint density at radius 2 is 1.70 bits per heavy atom. The van der Waals surface area contributed by atoms with Gasteiger partial charge in [-0.25, -0.2) is 0 Å². The van der Waals surface area contributed by atoms with E-state index in [2.05, 4.69) is 20.6 Å². The minimum absolute atomic E-state index is 0.149. The number of alkyl halides is 2. The van der Waals surface area contributed by atoms with Crippen LogP contribution in [-0.2, 0) is 6.42 Å². The Hall–Kier alpha value is -2.74. The molecule has 0 fully saturated rings. The van der Waals surface area contributed by atoms with Crippen molar-refractivity contribution in [2.24, 2.45) is 5.10 Å². The lowest BCUT2D eigenvalue weighted by Gasteiger charge is -2.09. The summed E-state index contributed by atoms with van der Waals surface area (Å²) in [5.74, 6) is 0.915. The molecular formula is C19H21F2N3O2S. The number of ether oxygens (including phenoxy) is 2. The molecule has 0 aliphatic heterocycles. The quantitative estimate of drug-likeness (QED) is 0.390.